The van der Waals surface area contributed by atoms with Gasteiger partial charge >= 0.3 is 0 Å². The second-order valence-electron chi connectivity index (χ2n) is 4.56. The first-order valence-corrected chi connectivity index (χ1v) is 7.09. The summed E-state index contributed by atoms with van der Waals surface area (Å²) in [5, 5.41) is 3.16. The van der Waals surface area contributed by atoms with Gasteiger partial charge in [-0.15, -0.1) is 12.4 Å². The Morgan fingerprint density at radius 3 is 2.45 bits per heavy atom. The van der Waals surface area contributed by atoms with Gasteiger partial charge in [0.15, 0.2) is 0 Å². The molecule has 0 atom stereocenters. The van der Waals surface area contributed by atoms with E-state index in [1.807, 2.05) is 19.2 Å². The Hall–Kier alpha value is -1.03. The zero-order valence-electron chi connectivity index (χ0n) is 11.7. The lowest BCUT2D eigenvalue weighted by Crippen LogP contribution is -2.07. The normalized spacial score (nSPS) is 9.95. The van der Waals surface area contributed by atoms with E-state index in [1.165, 1.54) is 11.1 Å². The maximum Gasteiger partial charge on any atom is 0.124 e. The van der Waals surface area contributed by atoms with E-state index in [4.69, 9.17) is 4.74 Å². The first kappa shape index (κ1) is 17.0. The van der Waals surface area contributed by atoms with Crippen LogP contribution in [0.1, 0.15) is 16.7 Å². The van der Waals surface area contributed by atoms with Gasteiger partial charge in [0.05, 0.1) is 0 Å². The van der Waals surface area contributed by atoms with E-state index in [2.05, 4.69) is 58.5 Å². The molecular formula is C16H19BrClNO. The minimum atomic E-state index is 0. The van der Waals surface area contributed by atoms with Gasteiger partial charge in [-0.05, 0) is 37.7 Å². The van der Waals surface area contributed by atoms with Crippen LogP contribution in [0.25, 0.3) is 0 Å². The molecule has 0 aromatic heterocycles. The maximum atomic E-state index is 5.91. The standard InChI is InChI=1S/C16H18BrNO.ClH/c1-12-3-5-13(6-4-12)11-19-16-8-7-15(17)9-14(16)10-18-2;/h3-9,18H,10-11H2,1-2H3;1H. The molecule has 2 aromatic carbocycles. The average Bonchev–Trinajstić information content (AvgIpc) is 2.40. The van der Waals surface area contributed by atoms with Crippen molar-refractivity contribution in [3.8, 4) is 5.75 Å². The Labute approximate surface area is 135 Å². The third-order valence-corrected chi connectivity index (χ3v) is 3.40. The molecule has 108 valence electrons. The lowest BCUT2D eigenvalue weighted by Gasteiger charge is -2.12. The second kappa shape index (κ2) is 8.30. The van der Waals surface area contributed by atoms with Crippen LogP contribution in [-0.2, 0) is 13.2 Å². The molecule has 20 heavy (non-hydrogen) atoms. The lowest BCUT2D eigenvalue weighted by molar-refractivity contribution is 0.302. The first-order chi connectivity index (χ1) is 9.19. The minimum Gasteiger partial charge on any atom is -0.489 e. The number of rotatable bonds is 5. The number of aryl methyl sites for hydroxylation is 1. The van der Waals surface area contributed by atoms with Gasteiger partial charge in [0.2, 0.25) is 0 Å². The summed E-state index contributed by atoms with van der Waals surface area (Å²) < 4.78 is 6.98. The number of nitrogens with one attached hydrogen (secondary N) is 1. The fraction of sp³-hybridized carbons (Fsp3) is 0.250. The second-order valence-corrected chi connectivity index (χ2v) is 5.47. The van der Waals surface area contributed by atoms with Gasteiger partial charge < -0.3 is 10.1 Å². The number of halogens is 2. The lowest BCUT2D eigenvalue weighted by atomic mass is 10.1. The fourth-order valence-electron chi connectivity index (χ4n) is 1.86. The van der Waals surface area contributed by atoms with Crippen molar-refractivity contribution >= 4 is 28.3 Å². The van der Waals surface area contributed by atoms with Gasteiger partial charge in [-0.3, -0.25) is 0 Å². The summed E-state index contributed by atoms with van der Waals surface area (Å²) in [6.07, 6.45) is 0. The molecule has 0 spiro atoms. The number of ether oxygens (including phenoxy) is 1. The molecule has 0 unspecified atom stereocenters. The predicted octanol–water partition coefficient (Wildman–Crippen LogP) is 4.48. The van der Waals surface area contributed by atoms with E-state index in [1.54, 1.807) is 0 Å². The Balaban J connectivity index is 0.00000200. The smallest absolute Gasteiger partial charge is 0.124 e. The summed E-state index contributed by atoms with van der Waals surface area (Å²) in [6.45, 7) is 3.48. The van der Waals surface area contributed by atoms with Crippen molar-refractivity contribution in [3.63, 3.8) is 0 Å². The molecule has 0 saturated heterocycles. The van der Waals surface area contributed by atoms with E-state index in [-0.39, 0.29) is 12.4 Å². The van der Waals surface area contributed by atoms with Crippen LogP contribution in [-0.4, -0.2) is 7.05 Å². The van der Waals surface area contributed by atoms with Crippen molar-refractivity contribution in [3.05, 3.63) is 63.6 Å². The molecule has 0 radical (unpaired) electrons. The van der Waals surface area contributed by atoms with Crippen LogP contribution < -0.4 is 10.1 Å². The molecule has 0 aliphatic heterocycles. The maximum absolute atomic E-state index is 5.91. The highest BCUT2D eigenvalue weighted by molar-refractivity contribution is 9.10. The molecule has 0 amide bonds. The van der Waals surface area contributed by atoms with Gasteiger partial charge in [0, 0.05) is 16.6 Å². The Kier molecular flexibility index (Phi) is 7.06. The molecule has 0 aliphatic rings. The van der Waals surface area contributed by atoms with Crippen molar-refractivity contribution in [2.45, 2.75) is 20.1 Å². The van der Waals surface area contributed by atoms with Gasteiger partial charge in [-0.1, -0.05) is 45.8 Å². The van der Waals surface area contributed by atoms with E-state index in [0.29, 0.717) is 6.61 Å². The van der Waals surface area contributed by atoms with Gasteiger partial charge in [-0.2, -0.15) is 0 Å². The summed E-state index contributed by atoms with van der Waals surface area (Å²) in [4.78, 5) is 0. The van der Waals surface area contributed by atoms with Crippen molar-refractivity contribution in [2.24, 2.45) is 0 Å². The largest absolute Gasteiger partial charge is 0.489 e. The molecule has 2 rings (SSSR count). The van der Waals surface area contributed by atoms with Crippen LogP contribution in [0.15, 0.2) is 46.9 Å². The predicted molar refractivity (Wildman–Crippen MR) is 89.7 cm³/mol. The third kappa shape index (κ3) is 4.82. The fourth-order valence-corrected chi connectivity index (χ4v) is 2.27. The Morgan fingerprint density at radius 1 is 1.10 bits per heavy atom. The van der Waals surface area contributed by atoms with Gasteiger partial charge in [0.25, 0.3) is 0 Å². The van der Waals surface area contributed by atoms with Gasteiger partial charge in [0.1, 0.15) is 12.4 Å². The van der Waals surface area contributed by atoms with Crippen LogP contribution >= 0.6 is 28.3 Å². The topological polar surface area (TPSA) is 21.3 Å². The highest BCUT2D eigenvalue weighted by atomic mass is 79.9. The number of hydrogen-bond acceptors (Lipinski definition) is 2. The molecule has 0 aliphatic carbocycles. The van der Waals surface area contributed by atoms with E-state index in [9.17, 15) is 0 Å². The van der Waals surface area contributed by atoms with Crippen molar-refractivity contribution < 1.29 is 4.74 Å². The van der Waals surface area contributed by atoms with Crippen LogP contribution in [0, 0.1) is 6.92 Å². The summed E-state index contributed by atoms with van der Waals surface area (Å²) in [5.41, 5.74) is 3.61. The quantitative estimate of drug-likeness (QED) is 0.853. The van der Waals surface area contributed by atoms with Crippen LogP contribution in [0.4, 0.5) is 0 Å². The zero-order valence-corrected chi connectivity index (χ0v) is 14.1. The first-order valence-electron chi connectivity index (χ1n) is 6.30. The molecule has 4 heteroatoms. The highest BCUT2D eigenvalue weighted by Crippen LogP contribution is 2.24. The number of benzene rings is 2. The third-order valence-electron chi connectivity index (χ3n) is 2.90. The molecule has 1 N–H and O–H groups in total. The average molecular weight is 357 g/mol. The molecule has 2 aromatic rings. The monoisotopic (exact) mass is 355 g/mol. The van der Waals surface area contributed by atoms with E-state index >= 15 is 0 Å². The van der Waals surface area contributed by atoms with E-state index < -0.39 is 0 Å². The van der Waals surface area contributed by atoms with Crippen molar-refractivity contribution in [2.75, 3.05) is 7.05 Å². The summed E-state index contributed by atoms with van der Waals surface area (Å²) in [6, 6.07) is 14.5. The molecule has 0 fully saturated rings. The van der Waals surface area contributed by atoms with E-state index in [0.717, 1.165) is 22.3 Å². The van der Waals surface area contributed by atoms with Crippen LogP contribution in [0.5, 0.6) is 5.75 Å². The minimum absolute atomic E-state index is 0. The van der Waals surface area contributed by atoms with Crippen LogP contribution in [0.2, 0.25) is 0 Å². The molecule has 0 heterocycles. The summed E-state index contributed by atoms with van der Waals surface area (Å²) in [5.74, 6) is 0.929. The summed E-state index contributed by atoms with van der Waals surface area (Å²) in [7, 11) is 1.94. The van der Waals surface area contributed by atoms with Crippen LogP contribution in [0.3, 0.4) is 0 Å². The van der Waals surface area contributed by atoms with Crippen molar-refractivity contribution in [1.29, 1.82) is 0 Å². The van der Waals surface area contributed by atoms with Gasteiger partial charge in [-0.25, -0.2) is 0 Å². The SMILES string of the molecule is CNCc1cc(Br)ccc1OCc1ccc(C)cc1.Cl. The molecular weight excluding hydrogens is 338 g/mol. The molecule has 2 nitrogen and oxygen atoms in total. The van der Waals surface area contributed by atoms with Crippen molar-refractivity contribution in [1.82, 2.24) is 5.32 Å². The molecule has 0 bridgehead atoms. The Morgan fingerprint density at radius 2 is 1.80 bits per heavy atom. The Bertz CT molecular complexity index is 543. The zero-order chi connectivity index (χ0) is 13.7. The summed E-state index contributed by atoms with van der Waals surface area (Å²) >= 11 is 3.49. The highest BCUT2D eigenvalue weighted by Gasteiger charge is 2.04. The number of hydrogen-bond donors (Lipinski definition) is 1. The molecule has 0 saturated carbocycles.